The summed E-state index contributed by atoms with van der Waals surface area (Å²) in [4.78, 5) is 32.7. The molecule has 0 aliphatic rings. The molecule has 0 aliphatic heterocycles. The van der Waals surface area contributed by atoms with Crippen molar-refractivity contribution in [2.45, 2.75) is 45.0 Å². The number of nitrogens with zero attached hydrogens (tertiary/aromatic N) is 4. The number of ketones is 1. The molecule has 0 saturated carbocycles. The molecule has 1 N–H and O–H groups in total. The molecule has 1 aromatic carbocycles. The zero-order valence-electron chi connectivity index (χ0n) is 15.9. The zero-order chi connectivity index (χ0) is 19.7. The number of amides is 1. The third-order valence-corrected chi connectivity index (χ3v) is 5.33. The van der Waals surface area contributed by atoms with Crippen LogP contribution in [0.4, 0.5) is 5.69 Å². The largest absolute Gasteiger partial charge is 0.326 e. The van der Waals surface area contributed by atoms with E-state index in [1.54, 1.807) is 28.8 Å². The number of rotatable bonds is 5. The van der Waals surface area contributed by atoms with Crippen LogP contribution in [0.25, 0.3) is 5.78 Å². The molecule has 0 saturated heterocycles. The van der Waals surface area contributed by atoms with E-state index >= 15 is 0 Å². The first kappa shape index (κ1) is 19.0. The minimum atomic E-state index is -0.350. The number of hydrogen-bond acceptors (Lipinski definition) is 6. The van der Waals surface area contributed by atoms with Crippen LogP contribution in [0.3, 0.4) is 0 Å². The Hall–Kier alpha value is -2.74. The Morgan fingerprint density at radius 1 is 1.11 bits per heavy atom. The molecule has 1 atom stereocenters. The van der Waals surface area contributed by atoms with Crippen LogP contribution in [-0.2, 0) is 4.79 Å². The number of carbonyl (C=O) groups excluding carboxylic acids is 2. The predicted molar refractivity (Wildman–Crippen MR) is 105 cm³/mol. The molecular weight excluding hydrogens is 362 g/mol. The molecule has 3 rings (SSSR count). The van der Waals surface area contributed by atoms with E-state index in [9.17, 15) is 9.59 Å². The van der Waals surface area contributed by atoms with E-state index in [0.29, 0.717) is 22.2 Å². The Bertz CT molecular complexity index is 1030. The topological polar surface area (TPSA) is 89.2 Å². The molecule has 3 aromatic rings. The third-order valence-electron chi connectivity index (χ3n) is 4.38. The highest BCUT2D eigenvalue weighted by Gasteiger charge is 2.20. The summed E-state index contributed by atoms with van der Waals surface area (Å²) in [5, 5.41) is 7.34. The van der Waals surface area contributed by atoms with Crippen LogP contribution in [0.2, 0.25) is 0 Å². The van der Waals surface area contributed by atoms with E-state index in [-0.39, 0.29) is 16.9 Å². The van der Waals surface area contributed by atoms with Gasteiger partial charge in [-0.25, -0.2) is 9.50 Å². The van der Waals surface area contributed by atoms with Crippen LogP contribution in [0.1, 0.15) is 41.2 Å². The Kier molecular flexibility index (Phi) is 5.27. The molecule has 8 heteroatoms. The minimum Gasteiger partial charge on any atom is -0.326 e. The van der Waals surface area contributed by atoms with E-state index in [2.05, 4.69) is 20.4 Å². The lowest BCUT2D eigenvalue weighted by molar-refractivity contribution is -0.114. The second-order valence-corrected chi connectivity index (χ2v) is 7.70. The number of benzene rings is 1. The van der Waals surface area contributed by atoms with Gasteiger partial charge in [0.05, 0.1) is 5.25 Å². The number of aryl methyl sites for hydroxylation is 2. The van der Waals surface area contributed by atoms with Crippen molar-refractivity contribution in [2.24, 2.45) is 0 Å². The van der Waals surface area contributed by atoms with Gasteiger partial charge in [0.15, 0.2) is 5.78 Å². The van der Waals surface area contributed by atoms with Gasteiger partial charge in [-0.05, 0) is 57.5 Å². The Morgan fingerprint density at radius 2 is 1.78 bits per heavy atom. The molecule has 2 aromatic heterocycles. The van der Waals surface area contributed by atoms with Crippen molar-refractivity contribution in [3.05, 3.63) is 46.8 Å². The van der Waals surface area contributed by atoms with Gasteiger partial charge < -0.3 is 5.32 Å². The highest BCUT2D eigenvalue weighted by molar-refractivity contribution is 8.00. The fourth-order valence-corrected chi connectivity index (χ4v) is 3.48. The number of Topliss-reactive ketones (excluding diaryl/α,β-unsaturated/α-hetero) is 1. The van der Waals surface area contributed by atoms with Crippen LogP contribution in [-0.4, -0.2) is 36.5 Å². The lowest BCUT2D eigenvalue weighted by atomic mass is 10.1. The van der Waals surface area contributed by atoms with Crippen molar-refractivity contribution in [1.29, 1.82) is 0 Å². The Balaban J connectivity index is 1.77. The first-order chi connectivity index (χ1) is 12.8. The van der Waals surface area contributed by atoms with Crippen LogP contribution < -0.4 is 5.32 Å². The van der Waals surface area contributed by atoms with Crippen molar-refractivity contribution in [2.75, 3.05) is 5.32 Å². The Labute approximate surface area is 161 Å². The fourth-order valence-electron chi connectivity index (χ4n) is 2.65. The van der Waals surface area contributed by atoms with Gasteiger partial charge in [0.1, 0.15) is 0 Å². The van der Waals surface area contributed by atoms with Gasteiger partial charge in [-0.3, -0.25) is 9.59 Å². The van der Waals surface area contributed by atoms with Gasteiger partial charge in [-0.2, -0.15) is 4.98 Å². The maximum absolute atomic E-state index is 12.7. The van der Waals surface area contributed by atoms with Crippen molar-refractivity contribution < 1.29 is 9.59 Å². The average molecular weight is 383 g/mol. The van der Waals surface area contributed by atoms with Crippen LogP contribution in [0, 0.1) is 20.8 Å². The summed E-state index contributed by atoms with van der Waals surface area (Å²) in [5.74, 6) is 0.369. The van der Waals surface area contributed by atoms with E-state index in [4.69, 9.17) is 0 Å². The lowest BCUT2D eigenvalue weighted by Gasteiger charge is -2.09. The Morgan fingerprint density at radius 3 is 2.41 bits per heavy atom. The van der Waals surface area contributed by atoms with Gasteiger partial charge in [-0.1, -0.05) is 11.8 Å². The maximum atomic E-state index is 12.7. The first-order valence-electron chi connectivity index (χ1n) is 8.55. The molecule has 7 nitrogen and oxygen atoms in total. The second-order valence-electron chi connectivity index (χ2n) is 6.40. The summed E-state index contributed by atoms with van der Waals surface area (Å²) < 4.78 is 1.71. The number of thioether (sulfide) groups is 1. The molecule has 140 valence electrons. The smallest absolute Gasteiger partial charge is 0.253 e. The van der Waals surface area contributed by atoms with Crippen LogP contribution >= 0.6 is 11.8 Å². The highest BCUT2D eigenvalue weighted by atomic mass is 32.2. The fraction of sp³-hybridized carbons (Fsp3) is 0.316. The predicted octanol–water partition coefficient (Wildman–Crippen LogP) is 3.37. The number of fused-ring (bicyclic) bond motifs is 1. The quantitative estimate of drug-likeness (QED) is 0.537. The summed E-state index contributed by atoms with van der Waals surface area (Å²) in [7, 11) is 0. The molecule has 0 radical (unpaired) electrons. The SMILES string of the molecule is CC(=O)Nc1ccc(C(=O)C(C)Sc2nc3nc(C)c(C)c(C)n3n2)cc1. The summed E-state index contributed by atoms with van der Waals surface area (Å²) in [6.45, 7) is 9.20. The molecule has 0 spiro atoms. The summed E-state index contributed by atoms with van der Waals surface area (Å²) >= 11 is 1.31. The van der Waals surface area contributed by atoms with Crippen LogP contribution in [0.5, 0.6) is 0 Å². The van der Waals surface area contributed by atoms with Gasteiger partial charge in [-0.15, -0.1) is 5.10 Å². The van der Waals surface area contributed by atoms with E-state index in [0.717, 1.165) is 17.0 Å². The van der Waals surface area contributed by atoms with E-state index in [1.165, 1.54) is 18.7 Å². The molecule has 1 unspecified atom stereocenters. The van der Waals surface area contributed by atoms with Crippen molar-refractivity contribution in [3.63, 3.8) is 0 Å². The number of aromatic nitrogens is 4. The first-order valence-corrected chi connectivity index (χ1v) is 9.43. The molecule has 0 bridgehead atoms. The van der Waals surface area contributed by atoms with E-state index < -0.39 is 0 Å². The van der Waals surface area contributed by atoms with Gasteiger partial charge >= 0.3 is 0 Å². The van der Waals surface area contributed by atoms with Gasteiger partial charge in [0.25, 0.3) is 5.78 Å². The van der Waals surface area contributed by atoms with E-state index in [1.807, 2.05) is 27.7 Å². The molecule has 2 heterocycles. The lowest BCUT2D eigenvalue weighted by Crippen LogP contribution is -2.14. The third kappa shape index (κ3) is 4.00. The normalized spacial score (nSPS) is 12.2. The second kappa shape index (κ2) is 7.48. The summed E-state index contributed by atoms with van der Waals surface area (Å²) in [6.07, 6.45) is 0. The highest BCUT2D eigenvalue weighted by Crippen LogP contribution is 2.24. The average Bonchev–Trinajstić information content (AvgIpc) is 3.01. The summed E-state index contributed by atoms with van der Waals surface area (Å²) in [5.41, 5.74) is 4.23. The van der Waals surface area contributed by atoms with Gasteiger partial charge in [0, 0.05) is 29.6 Å². The number of carbonyl (C=O) groups is 2. The molecule has 1 amide bonds. The molecular formula is C19H21N5O2S. The summed E-state index contributed by atoms with van der Waals surface area (Å²) in [6, 6.07) is 6.85. The molecule has 27 heavy (non-hydrogen) atoms. The molecule has 0 fully saturated rings. The number of hydrogen-bond donors (Lipinski definition) is 1. The number of anilines is 1. The van der Waals surface area contributed by atoms with Crippen molar-refractivity contribution >= 4 is 34.9 Å². The minimum absolute atomic E-state index is 0.0229. The van der Waals surface area contributed by atoms with Crippen LogP contribution in [0.15, 0.2) is 29.4 Å². The monoisotopic (exact) mass is 383 g/mol. The van der Waals surface area contributed by atoms with Gasteiger partial charge in [0.2, 0.25) is 11.1 Å². The number of nitrogens with one attached hydrogen (secondary N) is 1. The zero-order valence-corrected chi connectivity index (χ0v) is 16.7. The maximum Gasteiger partial charge on any atom is 0.253 e. The van der Waals surface area contributed by atoms with Crippen molar-refractivity contribution in [3.8, 4) is 0 Å². The van der Waals surface area contributed by atoms with Crippen molar-refractivity contribution in [1.82, 2.24) is 19.6 Å². The molecule has 0 aliphatic carbocycles. The standard InChI is InChI=1S/C19H21N5O2S/c1-10-11(2)20-18-22-19(23-24(18)12(10)3)27-13(4)17(26)15-6-8-16(9-7-15)21-14(5)25/h6-9,13H,1-5H3,(H,21,25).